The zero-order valence-electron chi connectivity index (χ0n) is 12.6. The summed E-state index contributed by atoms with van der Waals surface area (Å²) in [5.41, 5.74) is 8.33. The lowest BCUT2D eigenvalue weighted by molar-refractivity contribution is 0.143. The van der Waals surface area contributed by atoms with Crippen molar-refractivity contribution in [2.45, 2.75) is 58.4 Å². The number of nitrogens with zero attached hydrogens (tertiary/aromatic N) is 3. The summed E-state index contributed by atoms with van der Waals surface area (Å²) < 4.78 is 0. The first-order valence-electron chi connectivity index (χ1n) is 8.00. The predicted octanol–water partition coefficient (Wildman–Crippen LogP) is 2.79. The van der Waals surface area contributed by atoms with E-state index >= 15 is 0 Å². The summed E-state index contributed by atoms with van der Waals surface area (Å²) in [7, 11) is 0. The standard InChI is InChI=1S/C16H26N4/c1-13-11-14(12-17)19-15(18-13)20-9-7-16(8-10-20)5-3-2-4-6-16/h11H,2-10,12,17H2,1H3. The Kier molecular flexibility index (Phi) is 3.92. The average Bonchev–Trinajstić information content (AvgIpc) is 2.48. The fourth-order valence-electron chi connectivity index (χ4n) is 3.85. The van der Waals surface area contributed by atoms with Crippen molar-refractivity contribution >= 4 is 5.95 Å². The van der Waals surface area contributed by atoms with E-state index in [4.69, 9.17) is 5.73 Å². The van der Waals surface area contributed by atoms with Crippen LogP contribution in [0.4, 0.5) is 5.95 Å². The van der Waals surface area contributed by atoms with Crippen LogP contribution in [-0.2, 0) is 6.54 Å². The van der Waals surface area contributed by atoms with Crippen molar-refractivity contribution < 1.29 is 0 Å². The van der Waals surface area contributed by atoms with Gasteiger partial charge in [0.05, 0.1) is 5.69 Å². The Bertz CT molecular complexity index is 456. The third-order valence-corrected chi connectivity index (χ3v) is 5.13. The fourth-order valence-corrected chi connectivity index (χ4v) is 3.85. The SMILES string of the molecule is Cc1cc(CN)nc(N2CCC3(CCCCC3)CC2)n1. The van der Waals surface area contributed by atoms with Crippen LogP contribution >= 0.6 is 0 Å². The predicted molar refractivity (Wildman–Crippen MR) is 81.6 cm³/mol. The van der Waals surface area contributed by atoms with Gasteiger partial charge in [0.15, 0.2) is 0 Å². The van der Waals surface area contributed by atoms with E-state index in [0.717, 1.165) is 30.4 Å². The van der Waals surface area contributed by atoms with Gasteiger partial charge in [0.25, 0.3) is 0 Å². The molecule has 1 saturated carbocycles. The summed E-state index contributed by atoms with van der Waals surface area (Å²) in [6.45, 7) is 4.73. The highest BCUT2D eigenvalue weighted by atomic mass is 15.3. The molecule has 2 heterocycles. The summed E-state index contributed by atoms with van der Waals surface area (Å²) in [4.78, 5) is 11.6. The van der Waals surface area contributed by atoms with Crippen LogP contribution in [-0.4, -0.2) is 23.1 Å². The van der Waals surface area contributed by atoms with Crippen molar-refractivity contribution in [1.82, 2.24) is 9.97 Å². The van der Waals surface area contributed by atoms with E-state index in [2.05, 4.69) is 14.9 Å². The smallest absolute Gasteiger partial charge is 0.225 e. The van der Waals surface area contributed by atoms with Crippen molar-refractivity contribution in [3.8, 4) is 0 Å². The molecule has 1 saturated heterocycles. The molecule has 2 fully saturated rings. The van der Waals surface area contributed by atoms with Crippen LogP contribution < -0.4 is 10.6 Å². The Morgan fingerprint density at radius 1 is 1.10 bits per heavy atom. The van der Waals surface area contributed by atoms with Gasteiger partial charge in [-0.25, -0.2) is 9.97 Å². The lowest BCUT2D eigenvalue weighted by Crippen LogP contribution is -2.42. The first-order valence-corrected chi connectivity index (χ1v) is 8.00. The molecular formula is C16H26N4. The second kappa shape index (κ2) is 5.68. The van der Waals surface area contributed by atoms with Gasteiger partial charge in [-0.1, -0.05) is 19.3 Å². The molecule has 0 bridgehead atoms. The fraction of sp³-hybridized carbons (Fsp3) is 0.750. The maximum Gasteiger partial charge on any atom is 0.225 e. The molecule has 1 spiro atoms. The Balaban J connectivity index is 1.70. The van der Waals surface area contributed by atoms with Gasteiger partial charge >= 0.3 is 0 Å². The molecule has 3 rings (SSSR count). The number of aryl methyl sites for hydroxylation is 1. The molecule has 4 heteroatoms. The molecule has 1 aromatic rings. The molecule has 4 nitrogen and oxygen atoms in total. The minimum atomic E-state index is 0.494. The number of hydrogen-bond acceptors (Lipinski definition) is 4. The first kappa shape index (κ1) is 13.8. The summed E-state index contributed by atoms with van der Waals surface area (Å²) in [6.07, 6.45) is 9.78. The summed E-state index contributed by atoms with van der Waals surface area (Å²) in [5.74, 6) is 0.885. The Hall–Kier alpha value is -1.16. The minimum Gasteiger partial charge on any atom is -0.341 e. The quantitative estimate of drug-likeness (QED) is 0.901. The van der Waals surface area contributed by atoms with Gasteiger partial charge in [0.1, 0.15) is 0 Å². The van der Waals surface area contributed by atoms with Crippen LogP contribution in [0.25, 0.3) is 0 Å². The van der Waals surface area contributed by atoms with Crippen molar-refractivity contribution in [2.24, 2.45) is 11.1 Å². The van der Waals surface area contributed by atoms with Crippen LogP contribution in [0.15, 0.2) is 6.07 Å². The number of piperidine rings is 1. The zero-order valence-corrected chi connectivity index (χ0v) is 12.6. The highest BCUT2D eigenvalue weighted by molar-refractivity contribution is 5.33. The van der Waals surface area contributed by atoms with E-state index in [1.165, 1.54) is 44.9 Å². The lowest BCUT2D eigenvalue weighted by Gasteiger charge is -2.44. The van der Waals surface area contributed by atoms with E-state index in [9.17, 15) is 0 Å². The first-order chi connectivity index (χ1) is 9.71. The van der Waals surface area contributed by atoms with E-state index in [1.54, 1.807) is 0 Å². The van der Waals surface area contributed by atoms with Crippen LogP contribution in [0, 0.1) is 12.3 Å². The molecule has 0 unspecified atom stereocenters. The highest BCUT2D eigenvalue weighted by Gasteiger charge is 2.36. The van der Waals surface area contributed by atoms with Crippen LogP contribution in [0.1, 0.15) is 56.3 Å². The van der Waals surface area contributed by atoms with E-state index in [1.807, 2.05) is 13.0 Å². The highest BCUT2D eigenvalue weighted by Crippen LogP contribution is 2.44. The molecule has 2 aliphatic rings. The third-order valence-electron chi connectivity index (χ3n) is 5.13. The number of anilines is 1. The van der Waals surface area contributed by atoms with E-state index < -0.39 is 0 Å². The molecule has 2 N–H and O–H groups in total. The molecular weight excluding hydrogens is 248 g/mol. The Morgan fingerprint density at radius 2 is 1.80 bits per heavy atom. The molecule has 0 radical (unpaired) electrons. The van der Waals surface area contributed by atoms with Crippen molar-refractivity contribution in [1.29, 1.82) is 0 Å². The van der Waals surface area contributed by atoms with Crippen LogP contribution in [0.3, 0.4) is 0 Å². The summed E-state index contributed by atoms with van der Waals surface area (Å²) in [6, 6.07) is 1.98. The largest absolute Gasteiger partial charge is 0.341 e. The van der Waals surface area contributed by atoms with Gasteiger partial charge in [-0.2, -0.15) is 0 Å². The van der Waals surface area contributed by atoms with Crippen LogP contribution in [0.2, 0.25) is 0 Å². The second-order valence-corrected chi connectivity index (χ2v) is 6.55. The topological polar surface area (TPSA) is 55.0 Å². The molecule has 0 aromatic carbocycles. The maximum atomic E-state index is 5.72. The normalized spacial score (nSPS) is 22.2. The van der Waals surface area contributed by atoms with Gasteiger partial charge in [0, 0.05) is 25.3 Å². The molecule has 0 amide bonds. The third kappa shape index (κ3) is 2.80. The maximum absolute atomic E-state index is 5.72. The van der Waals surface area contributed by atoms with E-state index in [0.29, 0.717) is 12.0 Å². The Morgan fingerprint density at radius 3 is 2.45 bits per heavy atom. The van der Waals surface area contributed by atoms with Gasteiger partial charge in [-0.3, -0.25) is 0 Å². The zero-order chi connectivity index (χ0) is 14.0. The van der Waals surface area contributed by atoms with Gasteiger partial charge in [-0.05, 0) is 44.1 Å². The summed E-state index contributed by atoms with van der Waals surface area (Å²) in [5, 5.41) is 0. The lowest BCUT2D eigenvalue weighted by atomic mass is 9.68. The number of hydrogen-bond donors (Lipinski definition) is 1. The van der Waals surface area contributed by atoms with Crippen molar-refractivity contribution in [2.75, 3.05) is 18.0 Å². The molecule has 20 heavy (non-hydrogen) atoms. The van der Waals surface area contributed by atoms with Gasteiger partial charge in [-0.15, -0.1) is 0 Å². The van der Waals surface area contributed by atoms with Crippen LogP contribution in [0.5, 0.6) is 0 Å². The van der Waals surface area contributed by atoms with Gasteiger partial charge < -0.3 is 10.6 Å². The molecule has 110 valence electrons. The molecule has 1 aromatic heterocycles. The molecule has 0 atom stereocenters. The number of nitrogens with two attached hydrogens (primary N) is 1. The average molecular weight is 274 g/mol. The molecule has 1 aliphatic heterocycles. The summed E-state index contributed by atoms with van der Waals surface area (Å²) >= 11 is 0. The minimum absolute atomic E-state index is 0.494. The van der Waals surface area contributed by atoms with E-state index in [-0.39, 0.29) is 0 Å². The van der Waals surface area contributed by atoms with Crippen molar-refractivity contribution in [3.63, 3.8) is 0 Å². The van der Waals surface area contributed by atoms with Gasteiger partial charge in [0.2, 0.25) is 5.95 Å². The monoisotopic (exact) mass is 274 g/mol. The molecule has 1 aliphatic carbocycles. The van der Waals surface area contributed by atoms with Crippen molar-refractivity contribution in [3.05, 3.63) is 17.5 Å². The number of aromatic nitrogens is 2. The second-order valence-electron chi connectivity index (χ2n) is 6.55. The number of rotatable bonds is 2. The Labute approximate surface area is 121 Å².